The molecule has 0 spiro atoms. The van der Waals surface area contributed by atoms with E-state index in [0.717, 1.165) is 21.3 Å². The standard InChI is InChI=1S/C10H13Br2NOS/c1-5-6(2-3-14-5)9(13)8-4-7(11)10(12)15-8/h4-6,9H,2-3,13H2,1H3. The van der Waals surface area contributed by atoms with Crippen molar-refractivity contribution in [2.24, 2.45) is 11.7 Å². The van der Waals surface area contributed by atoms with Gasteiger partial charge in [-0.15, -0.1) is 11.3 Å². The van der Waals surface area contributed by atoms with Crippen LogP contribution in [0.1, 0.15) is 24.3 Å². The lowest BCUT2D eigenvalue weighted by Gasteiger charge is -2.20. The van der Waals surface area contributed by atoms with Crippen LogP contribution in [0.15, 0.2) is 14.3 Å². The van der Waals surface area contributed by atoms with Crippen molar-refractivity contribution in [3.05, 3.63) is 19.2 Å². The quantitative estimate of drug-likeness (QED) is 0.878. The van der Waals surface area contributed by atoms with E-state index in [1.165, 1.54) is 4.88 Å². The second-order valence-electron chi connectivity index (χ2n) is 3.82. The van der Waals surface area contributed by atoms with Crippen molar-refractivity contribution < 1.29 is 4.74 Å². The Morgan fingerprint density at radius 3 is 2.80 bits per heavy atom. The van der Waals surface area contributed by atoms with Crippen molar-refractivity contribution in [2.75, 3.05) is 6.61 Å². The summed E-state index contributed by atoms with van der Waals surface area (Å²) in [6.45, 7) is 2.95. The first-order valence-electron chi connectivity index (χ1n) is 4.91. The summed E-state index contributed by atoms with van der Waals surface area (Å²) in [6, 6.07) is 2.19. The Kier molecular flexibility index (Phi) is 3.88. The van der Waals surface area contributed by atoms with E-state index in [0.29, 0.717) is 5.92 Å². The molecule has 1 aliphatic heterocycles. The molecule has 3 atom stereocenters. The van der Waals surface area contributed by atoms with Gasteiger partial charge in [0, 0.05) is 27.9 Å². The van der Waals surface area contributed by atoms with Gasteiger partial charge in [-0.2, -0.15) is 0 Å². The van der Waals surface area contributed by atoms with Gasteiger partial charge in [-0.1, -0.05) is 0 Å². The van der Waals surface area contributed by atoms with Gasteiger partial charge in [0.2, 0.25) is 0 Å². The van der Waals surface area contributed by atoms with Gasteiger partial charge in [0.15, 0.2) is 0 Å². The van der Waals surface area contributed by atoms with E-state index in [1.807, 2.05) is 0 Å². The third-order valence-electron chi connectivity index (χ3n) is 2.89. The first kappa shape index (κ1) is 12.0. The molecular weight excluding hydrogens is 342 g/mol. The number of ether oxygens (including phenoxy) is 1. The molecule has 1 fully saturated rings. The minimum atomic E-state index is 0.0927. The van der Waals surface area contributed by atoms with E-state index < -0.39 is 0 Å². The van der Waals surface area contributed by atoms with Gasteiger partial charge in [-0.25, -0.2) is 0 Å². The molecule has 2 heterocycles. The molecule has 84 valence electrons. The van der Waals surface area contributed by atoms with E-state index in [1.54, 1.807) is 11.3 Å². The van der Waals surface area contributed by atoms with E-state index >= 15 is 0 Å². The van der Waals surface area contributed by atoms with Crippen molar-refractivity contribution in [1.82, 2.24) is 0 Å². The van der Waals surface area contributed by atoms with E-state index in [4.69, 9.17) is 10.5 Å². The Balaban J connectivity index is 2.16. The third kappa shape index (κ3) is 2.47. The molecule has 1 aromatic rings. The van der Waals surface area contributed by atoms with Crippen LogP contribution < -0.4 is 5.73 Å². The predicted molar refractivity (Wildman–Crippen MR) is 70.2 cm³/mol. The number of hydrogen-bond donors (Lipinski definition) is 1. The first-order valence-corrected chi connectivity index (χ1v) is 7.31. The van der Waals surface area contributed by atoms with Crippen LogP contribution in [0, 0.1) is 5.92 Å². The normalized spacial score (nSPS) is 28.3. The summed E-state index contributed by atoms with van der Waals surface area (Å²) >= 11 is 8.68. The van der Waals surface area contributed by atoms with Crippen molar-refractivity contribution in [3.8, 4) is 0 Å². The SMILES string of the molecule is CC1OCCC1C(N)c1cc(Br)c(Br)s1. The zero-order valence-electron chi connectivity index (χ0n) is 8.37. The molecular formula is C10H13Br2NOS. The van der Waals surface area contributed by atoms with E-state index in [9.17, 15) is 0 Å². The first-order chi connectivity index (χ1) is 7.09. The van der Waals surface area contributed by atoms with Gasteiger partial charge < -0.3 is 10.5 Å². The fourth-order valence-electron chi connectivity index (χ4n) is 1.96. The number of thiophene rings is 1. The molecule has 15 heavy (non-hydrogen) atoms. The number of hydrogen-bond acceptors (Lipinski definition) is 3. The van der Waals surface area contributed by atoms with Crippen molar-refractivity contribution in [1.29, 1.82) is 0 Å². The highest BCUT2D eigenvalue weighted by Gasteiger charge is 2.31. The summed E-state index contributed by atoms with van der Waals surface area (Å²) < 4.78 is 7.74. The van der Waals surface area contributed by atoms with Gasteiger partial charge in [-0.3, -0.25) is 0 Å². The van der Waals surface area contributed by atoms with Gasteiger partial charge in [0.1, 0.15) is 0 Å². The summed E-state index contributed by atoms with van der Waals surface area (Å²) in [5.41, 5.74) is 6.26. The summed E-state index contributed by atoms with van der Waals surface area (Å²) in [7, 11) is 0. The molecule has 2 N–H and O–H groups in total. The lowest BCUT2D eigenvalue weighted by atomic mass is 9.93. The maximum absolute atomic E-state index is 6.26. The number of rotatable bonds is 2. The van der Waals surface area contributed by atoms with Crippen molar-refractivity contribution in [2.45, 2.75) is 25.5 Å². The molecule has 2 rings (SSSR count). The second kappa shape index (κ2) is 4.84. The smallest absolute Gasteiger partial charge is 0.0843 e. The van der Waals surface area contributed by atoms with Crippen LogP contribution >= 0.6 is 43.2 Å². The molecule has 0 amide bonds. The fraction of sp³-hybridized carbons (Fsp3) is 0.600. The summed E-state index contributed by atoms with van der Waals surface area (Å²) in [4.78, 5) is 1.22. The van der Waals surface area contributed by atoms with Crippen molar-refractivity contribution >= 4 is 43.2 Å². The highest BCUT2D eigenvalue weighted by Crippen LogP contribution is 2.39. The molecule has 0 radical (unpaired) electrons. The average molecular weight is 355 g/mol. The molecule has 2 nitrogen and oxygen atoms in total. The predicted octanol–water partition coefficient (Wildman–Crippen LogP) is 3.70. The van der Waals surface area contributed by atoms with Crippen LogP contribution in [-0.2, 0) is 4.74 Å². The topological polar surface area (TPSA) is 35.2 Å². The van der Waals surface area contributed by atoms with E-state index in [2.05, 4.69) is 44.8 Å². The molecule has 0 bridgehead atoms. The lowest BCUT2D eigenvalue weighted by molar-refractivity contribution is 0.0998. The largest absolute Gasteiger partial charge is 0.378 e. The van der Waals surface area contributed by atoms with Gasteiger partial charge in [-0.05, 0) is 51.3 Å². The van der Waals surface area contributed by atoms with Crippen LogP contribution in [-0.4, -0.2) is 12.7 Å². The monoisotopic (exact) mass is 353 g/mol. The van der Waals surface area contributed by atoms with E-state index in [-0.39, 0.29) is 12.1 Å². The molecule has 0 saturated carbocycles. The van der Waals surface area contributed by atoms with Gasteiger partial charge in [0.25, 0.3) is 0 Å². The Hall–Kier alpha value is 0.580. The fourth-order valence-corrected chi connectivity index (χ4v) is 4.13. The van der Waals surface area contributed by atoms with Crippen molar-refractivity contribution in [3.63, 3.8) is 0 Å². The molecule has 0 aliphatic carbocycles. The maximum Gasteiger partial charge on any atom is 0.0843 e. The highest BCUT2D eigenvalue weighted by molar-refractivity contribution is 9.13. The Morgan fingerprint density at radius 2 is 2.33 bits per heavy atom. The third-order valence-corrected chi connectivity index (χ3v) is 6.25. The molecule has 3 unspecified atom stereocenters. The Morgan fingerprint density at radius 1 is 1.60 bits per heavy atom. The van der Waals surface area contributed by atoms with Crippen LogP contribution in [0.4, 0.5) is 0 Å². The summed E-state index contributed by atoms with van der Waals surface area (Å²) in [6.07, 6.45) is 1.34. The second-order valence-corrected chi connectivity index (χ2v) is 7.08. The van der Waals surface area contributed by atoms with Crippen LogP contribution in [0.3, 0.4) is 0 Å². The zero-order valence-corrected chi connectivity index (χ0v) is 12.4. The summed E-state index contributed by atoms with van der Waals surface area (Å²) in [5.74, 6) is 0.447. The lowest BCUT2D eigenvalue weighted by Crippen LogP contribution is -2.25. The molecule has 0 aromatic carbocycles. The van der Waals surface area contributed by atoms with Crippen LogP contribution in [0.5, 0.6) is 0 Å². The molecule has 1 saturated heterocycles. The molecule has 1 aliphatic rings. The zero-order chi connectivity index (χ0) is 11.0. The maximum atomic E-state index is 6.26. The Labute approximate surface area is 110 Å². The molecule has 5 heteroatoms. The van der Waals surface area contributed by atoms with Crippen LogP contribution in [0.25, 0.3) is 0 Å². The van der Waals surface area contributed by atoms with Gasteiger partial charge in [0.05, 0.1) is 9.89 Å². The minimum absolute atomic E-state index is 0.0927. The van der Waals surface area contributed by atoms with Gasteiger partial charge >= 0.3 is 0 Å². The highest BCUT2D eigenvalue weighted by atomic mass is 79.9. The van der Waals surface area contributed by atoms with Crippen LogP contribution in [0.2, 0.25) is 0 Å². The summed E-state index contributed by atoms with van der Waals surface area (Å²) in [5, 5.41) is 0. The average Bonchev–Trinajstić information content (AvgIpc) is 2.74. The number of halogens is 2. The number of nitrogens with two attached hydrogens (primary N) is 1. The minimum Gasteiger partial charge on any atom is -0.378 e. The Bertz CT molecular complexity index is 336. The molecule has 1 aromatic heterocycles.